The summed E-state index contributed by atoms with van der Waals surface area (Å²) in [5.41, 5.74) is 1.18. The SMILES string of the molecule is CC(C)NCc1ccc(Sc2ccc(Cl)cn2)nc1. The monoisotopic (exact) mass is 293 g/mol. The van der Waals surface area contributed by atoms with Crippen molar-refractivity contribution < 1.29 is 0 Å². The number of hydrogen-bond donors (Lipinski definition) is 1. The Kier molecular flexibility index (Phi) is 5.19. The van der Waals surface area contributed by atoms with Gasteiger partial charge in [-0.3, -0.25) is 0 Å². The van der Waals surface area contributed by atoms with E-state index in [4.69, 9.17) is 11.6 Å². The van der Waals surface area contributed by atoms with E-state index in [0.29, 0.717) is 11.1 Å². The molecule has 5 heteroatoms. The molecule has 0 aliphatic heterocycles. The summed E-state index contributed by atoms with van der Waals surface area (Å²) in [6.45, 7) is 5.10. The second kappa shape index (κ2) is 6.89. The van der Waals surface area contributed by atoms with Gasteiger partial charge in [0.15, 0.2) is 0 Å². The molecule has 0 bridgehead atoms. The summed E-state index contributed by atoms with van der Waals surface area (Å²) in [7, 11) is 0. The lowest BCUT2D eigenvalue weighted by Crippen LogP contribution is -2.21. The van der Waals surface area contributed by atoms with E-state index in [1.165, 1.54) is 17.3 Å². The second-order valence-electron chi connectivity index (χ2n) is 4.46. The first-order valence-corrected chi connectivity index (χ1v) is 7.30. The molecule has 2 rings (SSSR count). The Morgan fingerprint density at radius 3 is 2.32 bits per heavy atom. The van der Waals surface area contributed by atoms with Gasteiger partial charge >= 0.3 is 0 Å². The van der Waals surface area contributed by atoms with E-state index in [2.05, 4.69) is 35.2 Å². The van der Waals surface area contributed by atoms with Crippen LogP contribution in [0.25, 0.3) is 0 Å². The van der Waals surface area contributed by atoms with Crippen LogP contribution in [0, 0.1) is 0 Å². The molecule has 1 N–H and O–H groups in total. The zero-order valence-electron chi connectivity index (χ0n) is 10.9. The molecule has 0 atom stereocenters. The van der Waals surface area contributed by atoms with E-state index < -0.39 is 0 Å². The number of nitrogens with one attached hydrogen (secondary N) is 1. The third kappa shape index (κ3) is 4.82. The Bertz CT molecular complexity index is 511. The highest BCUT2D eigenvalue weighted by Gasteiger charge is 2.01. The summed E-state index contributed by atoms with van der Waals surface area (Å²) in [6, 6.07) is 8.30. The number of aromatic nitrogens is 2. The van der Waals surface area contributed by atoms with Crippen LogP contribution in [0.2, 0.25) is 5.02 Å². The summed E-state index contributed by atoms with van der Waals surface area (Å²) in [5, 5.41) is 5.84. The maximum Gasteiger partial charge on any atom is 0.102 e. The van der Waals surface area contributed by atoms with Crippen molar-refractivity contribution in [2.75, 3.05) is 0 Å². The van der Waals surface area contributed by atoms with Crippen LogP contribution in [-0.2, 0) is 6.54 Å². The van der Waals surface area contributed by atoms with Gasteiger partial charge in [0.25, 0.3) is 0 Å². The first kappa shape index (κ1) is 14.3. The van der Waals surface area contributed by atoms with Crippen molar-refractivity contribution in [3.8, 4) is 0 Å². The van der Waals surface area contributed by atoms with Gasteiger partial charge in [0.2, 0.25) is 0 Å². The predicted molar refractivity (Wildman–Crippen MR) is 79.6 cm³/mol. The van der Waals surface area contributed by atoms with Crippen molar-refractivity contribution >= 4 is 23.4 Å². The number of hydrogen-bond acceptors (Lipinski definition) is 4. The molecule has 0 aromatic carbocycles. The van der Waals surface area contributed by atoms with Gasteiger partial charge in [0.1, 0.15) is 10.1 Å². The summed E-state index contributed by atoms with van der Waals surface area (Å²) < 4.78 is 0. The van der Waals surface area contributed by atoms with Crippen LogP contribution in [0.15, 0.2) is 46.7 Å². The summed E-state index contributed by atoms with van der Waals surface area (Å²) in [5.74, 6) is 0. The number of pyridine rings is 2. The van der Waals surface area contributed by atoms with Gasteiger partial charge in [-0.2, -0.15) is 0 Å². The van der Waals surface area contributed by atoms with Crippen LogP contribution in [0.3, 0.4) is 0 Å². The Hall–Kier alpha value is -1.10. The molecule has 100 valence electrons. The zero-order valence-corrected chi connectivity index (χ0v) is 12.5. The standard InChI is InChI=1S/C14H16ClN3S/c1-10(2)16-7-11-3-5-13(17-8-11)19-14-6-4-12(15)9-18-14/h3-6,8-10,16H,7H2,1-2H3. The lowest BCUT2D eigenvalue weighted by molar-refractivity contribution is 0.587. The highest BCUT2D eigenvalue weighted by atomic mass is 35.5. The molecule has 0 radical (unpaired) electrons. The molecule has 0 aliphatic rings. The molecule has 0 saturated heterocycles. The van der Waals surface area contributed by atoms with Crippen molar-refractivity contribution in [2.45, 2.75) is 36.5 Å². The lowest BCUT2D eigenvalue weighted by Gasteiger charge is -2.08. The van der Waals surface area contributed by atoms with Gasteiger partial charge in [0, 0.05) is 25.0 Å². The molecule has 0 aliphatic carbocycles. The fraction of sp³-hybridized carbons (Fsp3) is 0.286. The Morgan fingerprint density at radius 1 is 1.11 bits per heavy atom. The molecule has 0 saturated carbocycles. The topological polar surface area (TPSA) is 37.8 Å². The average Bonchev–Trinajstić information content (AvgIpc) is 2.40. The zero-order chi connectivity index (χ0) is 13.7. The second-order valence-corrected chi connectivity index (χ2v) is 5.93. The van der Waals surface area contributed by atoms with Gasteiger partial charge < -0.3 is 5.32 Å². The number of halogens is 1. The molecule has 0 amide bonds. The minimum Gasteiger partial charge on any atom is -0.310 e. The van der Waals surface area contributed by atoms with Gasteiger partial charge in [-0.25, -0.2) is 9.97 Å². The van der Waals surface area contributed by atoms with E-state index in [0.717, 1.165) is 16.6 Å². The van der Waals surface area contributed by atoms with Crippen LogP contribution < -0.4 is 5.32 Å². The first-order valence-electron chi connectivity index (χ1n) is 6.11. The fourth-order valence-electron chi connectivity index (χ4n) is 1.43. The van der Waals surface area contributed by atoms with Crippen molar-refractivity contribution in [2.24, 2.45) is 0 Å². The molecule has 0 spiro atoms. The van der Waals surface area contributed by atoms with Gasteiger partial charge in [-0.1, -0.05) is 43.3 Å². The number of nitrogens with zero attached hydrogens (tertiary/aromatic N) is 2. The average molecular weight is 294 g/mol. The Balaban J connectivity index is 1.96. The maximum absolute atomic E-state index is 5.80. The molecule has 3 nitrogen and oxygen atoms in total. The molecule has 0 unspecified atom stereocenters. The minimum atomic E-state index is 0.479. The third-order valence-electron chi connectivity index (χ3n) is 2.42. The van der Waals surface area contributed by atoms with Crippen LogP contribution in [0.5, 0.6) is 0 Å². The summed E-state index contributed by atoms with van der Waals surface area (Å²) in [4.78, 5) is 8.66. The normalized spacial score (nSPS) is 10.9. The van der Waals surface area contributed by atoms with E-state index in [1.54, 1.807) is 6.20 Å². The van der Waals surface area contributed by atoms with E-state index in [1.807, 2.05) is 24.4 Å². The molecular formula is C14H16ClN3S. The highest BCUT2D eigenvalue weighted by molar-refractivity contribution is 7.99. The van der Waals surface area contributed by atoms with Crippen molar-refractivity contribution in [1.29, 1.82) is 0 Å². The van der Waals surface area contributed by atoms with E-state index in [9.17, 15) is 0 Å². The molecule has 0 fully saturated rings. The Labute approximate surface area is 122 Å². The Morgan fingerprint density at radius 2 is 1.79 bits per heavy atom. The molecule has 2 heterocycles. The third-order valence-corrected chi connectivity index (χ3v) is 3.55. The van der Waals surface area contributed by atoms with E-state index >= 15 is 0 Å². The predicted octanol–water partition coefficient (Wildman–Crippen LogP) is 3.78. The first-order chi connectivity index (χ1) is 9.13. The quantitative estimate of drug-likeness (QED) is 0.910. The fourth-order valence-corrected chi connectivity index (χ4v) is 2.24. The van der Waals surface area contributed by atoms with E-state index in [-0.39, 0.29) is 0 Å². The van der Waals surface area contributed by atoms with Crippen molar-refractivity contribution in [3.05, 3.63) is 47.2 Å². The van der Waals surface area contributed by atoms with Gasteiger partial charge in [-0.05, 0) is 23.8 Å². The summed E-state index contributed by atoms with van der Waals surface area (Å²) >= 11 is 7.33. The maximum atomic E-state index is 5.80. The van der Waals surface area contributed by atoms with Gasteiger partial charge in [0.05, 0.1) is 5.02 Å². The van der Waals surface area contributed by atoms with Crippen LogP contribution >= 0.6 is 23.4 Å². The summed E-state index contributed by atoms with van der Waals surface area (Å²) in [6.07, 6.45) is 3.54. The lowest BCUT2D eigenvalue weighted by atomic mass is 10.2. The van der Waals surface area contributed by atoms with Gasteiger partial charge in [-0.15, -0.1) is 0 Å². The number of rotatable bonds is 5. The van der Waals surface area contributed by atoms with Crippen molar-refractivity contribution in [3.63, 3.8) is 0 Å². The molecular weight excluding hydrogens is 278 g/mol. The van der Waals surface area contributed by atoms with Crippen LogP contribution in [0.4, 0.5) is 0 Å². The van der Waals surface area contributed by atoms with Crippen LogP contribution in [0.1, 0.15) is 19.4 Å². The highest BCUT2D eigenvalue weighted by Crippen LogP contribution is 2.24. The minimum absolute atomic E-state index is 0.479. The molecule has 19 heavy (non-hydrogen) atoms. The molecule has 2 aromatic rings. The van der Waals surface area contributed by atoms with Crippen LogP contribution in [-0.4, -0.2) is 16.0 Å². The smallest absolute Gasteiger partial charge is 0.102 e. The largest absolute Gasteiger partial charge is 0.310 e. The van der Waals surface area contributed by atoms with Crippen molar-refractivity contribution in [1.82, 2.24) is 15.3 Å². The molecule has 2 aromatic heterocycles.